The van der Waals surface area contributed by atoms with Crippen LogP contribution in [0.25, 0.3) is 0 Å². The lowest BCUT2D eigenvalue weighted by Crippen LogP contribution is -2.46. The van der Waals surface area contributed by atoms with Crippen molar-refractivity contribution in [3.8, 4) is 0 Å². The second kappa shape index (κ2) is 5.91. The summed E-state index contributed by atoms with van der Waals surface area (Å²) in [6.07, 6.45) is 1.65. The second-order valence-corrected chi connectivity index (χ2v) is 7.56. The monoisotopic (exact) mass is 346 g/mol. The molecule has 2 N–H and O–H groups in total. The highest BCUT2D eigenvalue weighted by Crippen LogP contribution is 2.25. The molecular formula is C13H19BrN2O2S. The minimum Gasteiger partial charge on any atom is -0.314 e. The Balaban J connectivity index is 2.20. The summed E-state index contributed by atoms with van der Waals surface area (Å²) in [5, 5.41) is 3.31. The Labute approximate surface area is 123 Å². The maximum absolute atomic E-state index is 12.4. The minimum absolute atomic E-state index is 0.00802. The van der Waals surface area contributed by atoms with Gasteiger partial charge in [-0.1, -0.05) is 12.1 Å². The van der Waals surface area contributed by atoms with Crippen LogP contribution in [0.15, 0.2) is 27.6 Å². The van der Waals surface area contributed by atoms with Crippen LogP contribution >= 0.6 is 15.9 Å². The van der Waals surface area contributed by atoms with Gasteiger partial charge in [-0.3, -0.25) is 0 Å². The van der Waals surface area contributed by atoms with Gasteiger partial charge in [0.1, 0.15) is 0 Å². The standard InChI is InChI=1S/C13H19BrN2O2S/c1-9-4-3-5-12(13(9)14)19(17,18)16-11-6-7-15-10(2)8-11/h3-5,10-11,15-16H,6-8H2,1-2H3. The van der Waals surface area contributed by atoms with E-state index in [0.717, 1.165) is 24.9 Å². The number of sulfonamides is 1. The first-order valence-corrected chi connectivity index (χ1v) is 8.68. The van der Waals surface area contributed by atoms with Gasteiger partial charge in [0.25, 0.3) is 0 Å². The van der Waals surface area contributed by atoms with Crippen molar-refractivity contribution in [2.75, 3.05) is 6.54 Å². The molecule has 0 saturated carbocycles. The van der Waals surface area contributed by atoms with Gasteiger partial charge in [0.15, 0.2) is 0 Å². The van der Waals surface area contributed by atoms with E-state index in [-0.39, 0.29) is 6.04 Å². The Kier molecular flexibility index (Phi) is 4.66. The van der Waals surface area contributed by atoms with Gasteiger partial charge < -0.3 is 5.32 Å². The quantitative estimate of drug-likeness (QED) is 0.881. The van der Waals surface area contributed by atoms with Crippen molar-refractivity contribution >= 4 is 26.0 Å². The summed E-state index contributed by atoms with van der Waals surface area (Å²) in [7, 11) is -3.46. The first-order chi connectivity index (χ1) is 8.90. The van der Waals surface area contributed by atoms with E-state index in [2.05, 4.69) is 32.9 Å². The van der Waals surface area contributed by atoms with Gasteiger partial charge in [0.2, 0.25) is 10.0 Å². The molecule has 1 aromatic rings. The third kappa shape index (κ3) is 3.56. The Morgan fingerprint density at radius 1 is 1.42 bits per heavy atom. The molecule has 0 aliphatic carbocycles. The van der Waals surface area contributed by atoms with Gasteiger partial charge in [-0.15, -0.1) is 0 Å². The summed E-state index contributed by atoms with van der Waals surface area (Å²) >= 11 is 3.36. The number of nitrogens with one attached hydrogen (secondary N) is 2. The van der Waals surface area contributed by atoms with Crippen molar-refractivity contribution in [3.05, 3.63) is 28.2 Å². The lowest BCUT2D eigenvalue weighted by atomic mass is 10.0. The molecule has 2 atom stereocenters. The van der Waals surface area contributed by atoms with Crippen molar-refractivity contribution in [1.29, 1.82) is 0 Å². The van der Waals surface area contributed by atoms with Crippen LogP contribution in [0.5, 0.6) is 0 Å². The molecule has 2 unspecified atom stereocenters. The maximum atomic E-state index is 12.4. The molecule has 1 fully saturated rings. The Morgan fingerprint density at radius 2 is 2.16 bits per heavy atom. The van der Waals surface area contributed by atoms with Crippen LogP contribution in [0.2, 0.25) is 0 Å². The summed E-state index contributed by atoms with van der Waals surface area (Å²) in [6.45, 7) is 4.81. The van der Waals surface area contributed by atoms with E-state index in [1.165, 1.54) is 0 Å². The highest BCUT2D eigenvalue weighted by atomic mass is 79.9. The minimum atomic E-state index is -3.46. The highest BCUT2D eigenvalue weighted by Gasteiger charge is 2.25. The number of aryl methyl sites for hydroxylation is 1. The van der Waals surface area contributed by atoms with Crippen molar-refractivity contribution in [1.82, 2.24) is 10.0 Å². The van der Waals surface area contributed by atoms with Crippen LogP contribution in [0.1, 0.15) is 25.3 Å². The smallest absolute Gasteiger partial charge is 0.241 e. The van der Waals surface area contributed by atoms with Gasteiger partial charge in [-0.05, 0) is 60.8 Å². The summed E-state index contributed by atoms with van der Waals surface area (Å²) < 4.78 is 28.3. The maximum Gasteiger partial charge on any atom is 0.241 e. The van der Waals surface area contributed by atoms with Gasteiger partial charge in [0, 0.05) is 16.6 Å². The average Bonchev–Trinajstić information content (AvgIpc) is 2.32. The fourth-order valence-corrected chi connectivity index (χ4v) is 4.69. The third-order valence-electron chi connectivity index (χ3n) is 3.39. The SMILES string of the molecule is Cc1cccc(S(=O)(=O)NC2CCNC(C)C2)c1Br. The number of benzene rings is 1. The highest BCUT2D eigenvalue weighted by molar-refractivity contribution is 9.10. The number of halogens is 1. The van der Waals surface area contributed by atoms with E-state index in [1.807, 2.05) is 13.0 Å². The molecule has 0 radical (unpaired) electrons. The van der Waals surface area contributed by atoms with Crippen molar-refractivity contribution < 1.29 is 8.42 Å². The molecule has 1 heterocycles. The van der Waals surface area contributed by atoms with Crippen LogP contribution in [0, 0.1) is 6.92 Å². The zero-order chi connectivity index (χ0) is 14.0. The van der Waals surface area contributed by atoms with E-state index in [4.69, 9.17) is 0 Å². The van der Waals surface area contributed by atoms with E-state index in [1.54, 1.807) is 12.1 Å². The Hall–Kier alpha value is -0.430. The molecule has 1 aromatic carbocycles. The third-order valence-corrected chi connectivity index (χ3v) is 6.27. The van der Waals surface area contributed by atoms with Crippen molar-refractivity contribution in [2.45, 2.75) is 43.7 Å². The molecule has 0 aromatic heterocycles. The van der Waals surface area contributed by atoms with Crippen LogP contribution in [-0.4, -0.2) is 27.0 Å². The van der Waals surface area contributed by atoms with Gasteiger partial charge in [-0.2, -0.15) is 0 Å². The zero-order valence-corrected chi connectivity index (χ0v) is 13.5. The lowest BCUT2D eigenvalue weighted by molar-refractivity contribution is 0.361. The molecule has 4 nitrogen and oxygen atoms in total. The second-order valence-electron chi connectivity index (χ2n) is 5.08. The van der Waals surface area contributed by atoms with Crippen LogP contribution in [-0.2, 0) is 10.0 Å². The van der Waals surface area contributed by atoms with Crippen LogP contribution in [0.3, 0.4) is 0 Å². The first-order valence-electron chi connectivity index (χ1n) is 6.41. The summed E-state index contributed by atoms with van der Waals surface area (Å²) in [6, 6.07) is 5.63. The zero-order valence-electron chi connectivity index (χ0n) is 11.1. The Bertz CT molecular complexity index is 560. The lowest BCUT2D eigenvalue weighted by Gasteiger charge is -2.28. The number of piperidine rings is 1. The fourth-order valence-electron chi connectivity index (χ4n) is 2.35. The van der Waals surface area contributed by atoms with Gasteiger partial charge >= 0.3 is 0 Å². The van der Waals surface area contributed by atoms with E-state index in [0.29, 0.717) is 15.4 Å². The predicted octanol–water partition coefficient (Wildman–Crippen LogP) is 2.18. The summed E-state index contributed by atoms with van der Waals surface area (Å²) in [5.74, 6) is 0. The fraction of sp³-hybridized carbons (Fsp3) is 0.538. The molecule has 1 aliphatic heterocycles. The molecule has 2 rings (SSSR count). The van der Waals surface area contributed by atoms with Crippen LogP contribution in [0.4, 0.5) is 0 Å². The molecule has 19 heavy (non-hydrogen) atoms. The average molecular weight is 347 g/mol. The van der Waals surface area contributed by atoms with Crippen molar-refractivity contribution in [2.24, 2.45) is 0 Å². The largest absolute Gasteiger partial charge is 0.314 e. The molecular weight excluding hydrogens is 328 g/mol. The first kappa shape index (κ1) is 15.0. The molecule has 106 valence electrons. The predicted molar refractivity (Wildman–Crippen MR) is 79.7 cm³/mol. The number of hydrogen-bond acceptors (Lipinski definition) is 3. The topological polar surface area (TPSA) is 58.2 Å². The normalized spacial score (nSPS) is 24.4. The van der Waals surface area contributed by atoms with Crippen LogP contribution < -0.4 is 10.0 Å². The summed E-state index contributed by atoms with van der Waals surface area (Å²) in [5.41, 5.74) is 0.918. The molecule has 0 amide bonds. The molecule has 6 heteroatoms. The van der Waals surface area contributed by atoms with E-state index < -0.39 is 10.0 Å². The molecule has 1 aliphatic rings. The number of rotatable bonds is 3. The van der Waals surface area contributed by atoms with E-state index >= 15 is 0 Å². The molecule has 0 bridgehead atoms. The number of hydrogen-bond donors (Lipinski definition) is 2. The molecule has 0 spiro atoms. The van der Waals surface area contributed by atoms with Gasteiger partial charge in [-0.25, -0.2) is 13.1 Å². The summed E-state index contributed by atoms with van der Waals surface area (Å²) in [4.78, 5) is 0.318. The van der Waals surface area contributed by atoms with Crippen molar-refractivity contribution in [3.63, 3.8) is 0 Å². The molecule has 1 saturated heterocycles. The Morgan fingerprint density at radius 3 is 2.84 bits per heavy atom. The van der Waals surface area contributed by atoms with E-state index in [9.17, 15) is 8.42 Å². The van der Waals surface area contributed by atoms with Gasteiger partial charge in [0.05, 0.1) is 4.90 Å².